The van der Waals surface area contributed by atoms with E-state index in [0.717, 1.165) is 11.3 Å². The van der Waals surface area contributed by atoms with Crippen LogP contribution in [0.5, 0.6) is 17.2 Å². The Hall–Kier alpha value is -4.65. The summed E-state index contributed by atoms with van der Waals surface area (Å²) < 4.78 is 79.0. The summed E-state index contributed by atoms with van der Waals surface area (Å²) in [6.07, 6.45) is 1.58. The van der Waals surface area contributed by atoms with Crippen molar-refractivity contribution in [3.05, 3.63) is 108 Å². The molecule has 43 heavy (non-hydrogen) atoms. The molecule has 8 nitrogen and oxygen atoms in total. The summed E-state index contributed by atoms with van der Waals surface area (Å²) in [5, 5.41) is 0. The Morgan fingerprint density at radius 1 is 1.09 bits per heavy atom. The van der Waals surface area contributed by atoms with Crippen molar-refractivity contribution in [3.8, 4) is 17.2 Å². The first-order valence-electron chi connectivity index (χ1n) is 12.9. The molecule has 0 N–H and O–H groups in total. The van der Waals surface area contributed by atoms with Crippen LogP contribution < -0.4 is 29.1 Å². The fraction of sp³-hybridized carbons (Fsp3) is 0.233. The van der Waals surface area contributed by atoms with E-state index in [1.165, 1.54) is 18.8 Å². The molecule has 0 amide bonds. The van der Waals surface area contributed by atoms with Crippen LogP contribution in [0.4, 0.5) is 17.6 Å². The summed E-state index contributed by atoms with van der Waals surface area (Å²) in [5.74, 6) is -8.49. The topological polar surface area (TPSA) is 88.4 Å². The number of nitrogens with zero attached hydrogens (tertiary/aromatic N) is 2. The number of thiazole rings is 1. The van der Waals surface area contributed by atoms with E-state index in [-0.39, 0.29) is 21.9 Å². The van der Waals surface area contributed by atoms with Gasteiger partial charge in [0.05, 0.1) is 24.8 Å². The van der Waals surface area contributed by atoms with E-state index in [9.17, 15) is 27.2 Å². The zero-order chi connectivity index (χ0) is 30.6. The molecule has 0 radical (unpaired) electrons. The number of carbonyl (C=O) groups is 1. The highest BCUT2D eigenvalue weighted by Crippen LogP contribution is 2.47. The van der Waals surface area contributed by atoms with Crippen LogP contribution in [0.15, 0.2) is 58.3 Å². The fourth-order valence-electron chi connectivity index (χ4n) is 5.41. The average molecular weight is 615 g/mol. The van der Waals surface area contributed by atoms with Crippen molar-refractivity contribution in [3.63, 3.8) is 0 Å². The van der Waals surface area contributed by atoms with Crippen LogP contribution in [0.3, 0.4) is 0 Å². The molecule has 222 valence electrons. The molecule has 0 unspecified atom stereocenters. The predicted molar refractivity (Wildman–Crippen MR) is 146 cm³/mol. The van der Waals surface area contributed by atoms with E-state index in [1.54, 1.807) is 55.5 Å². The minimum atomic E-state index is -1.67. The van der Waals surface area contributed by atoms with Crippen molar-refractivity contribution in [2.75, 3.05) is 14.2 Å². The Labute approximate surface area is 245 Å². The molecule has 3 aromatic carbocycles. The van der Waals surface area contributed by atoms with Crippen molar-refractivity contribution < 1.29 is 41.3 Å². The van der Waals surface area contributed by atoms with Crippen molar-refractivity contribution in [1.29, 1.82) is 0 Å². The molecular formula is C30H22F4N2O6S. The van der Waals surface area contributed by atoms with E-state index in [1.807, 2.05) is 0 Å². The number of benzene rings is 3. The zero-order valence-corrected chi connectivity index (χ0v) is 23.6. The average Bonchev–Trinajstić information content (AvgIpc) is 3.28. The van der Waals surface area contributed by atoms with Crippen LogP contribution in [0.2, 0.25) is 0 Å². The Balaban J connectivity index is 1.43. The second kappa shape index (κ2) is 10.6. The molecular weight excluding hydrogens is 592 g/mol. The molecule has 6 rings (SSSR count). The van der Waals surface area contributed by atoms with E-state index in [4.69, 9.17) is 18.9 Å². The fourth-order valence-corrected chi connectivity index (χ4v) is 6.51. The highest BCUT2D eigenvalue weighted by molar-refractivity contribution is 7.07. The lowest BCUT2D eigenvalue weighted by atomic mass is 9.81. The smallest absolute Gasteiger partial charge is 0.317 e. The van der Waals surface area contributed by atoms with E-state index in [2.05, 4.69) is 4.99 Å². The third-order valence-corrected chi connectivity index (χ3v) is 8.36. The molecule has 3 atom stereocenters. The number of hydrogen-bond donors (Lipinski definition) is 0. The lowest BCUT2D eigenvalue weighted by Gasteiger charge is -2.44. The first-order valence-corrected chi connectivity index (χ1v) is 13.7. The maximum absolute atomic E-state index is 14.1. The number of ether oxygens (including phenoxy) is 4. The highest BCUT2D eigenvalue weighted by atomic mass is 32.1. The van der Waals surface area contributed by atoms with Gasteiger partial charge in [-0.2, -0.15) is 8.78 Å². The lowest BCUT2D eigenvalue weighted by molar-refractivity contribution is -0.158. The van der Waals surface area contributed by atoms with Gasteiger partial charge in [-0.1, -0.05) is 35.6 Å². The quantitative estimate of drug-likeness (QED) is 0.185. The molecule has 2 bridgehead atoms. The summed E-state index contributed by atoms with van der Waals surface area (Å²) in [6.45, 7) is 1.16. The lowest BCUT2D eigenvalue weighted by Crippen LogP contribution is -2.58. The van der Waals surface area contributed by atoms with Gasteiger partial charge in [-0.25, -0.2) is 13.8 Å². The third kappa shape index (κ3) is 4.63. The van der Waals surface area contributed by atoms with Gasteiger partial charge in [0, 0.05) is 17.2 Å². The van der Waals surface area contributed by atoms with Gasteiger partial charge in [-0.15, -0.1) is 0 Å². The van der Waals surface area contributed by atoms with Gasteiger partial charge >= 0.3 is 5.97 Å². The summed E-state index contributed by atoms with van der Waals surface area (Å²) >= 11 is 1.09. The van der Waals surface area contributed by atoms with E-state index < -0.39 is 64.8 Å². The van der Waals surface area contributed by atoms with Crippen LogP contribution in [-0.2, 0) is 16.1 Å². The number of rotatable bonds is 6. The van der Waals surface area contributed by atoms with Gasteiger partial charge in [0.25, 0.3) is 5.56 Å². The molecule has 0 spiro atoms. The van der Waals surface area contributed by atoms with Gasteiger partial charge in [0.2, 0.25) is 17.4 Å². The highest BCUT2D eigenvalue weighted by Gasteiger charge is 2.55. The Morgan fingerprint density at radius 2 is 1.81 bits per heavy atom. The van der Waals surface area contributed by atoms with Crippen LogP contribution in [0.25, 0.3) is 6.08 Å². The van der Waals surface area contributed by atoms with Crippen molar-refractivity contribution in [1.82, 2.24) is 4.57 Å². The number of para-hydroxylation sites is 1. The molecule has 0 saturated carbocycles. The van der Waals surface area contributed by atoms with Crippen LogP contribution in [0, 0.1) is 29.2 Å². The largest absolute Gasteiger partial charge is 0.496 e. The molecule has 0 aliphatic carbocycles. The van der Waals surface area contributed by atoms with Crippen LogP contribution in [0.1, 0.15) is 29.7 Å². The number of esters is 1. The van der Waals surface area contributed by atoms with Crippen molar-refractivity contribution in [2.45, 2.75) is 25.3 Å². The molecule has 4 aromatic rings. The van der Waals surface area contributed by atoms with Gasteiger partial charge in [-0.3, -0.25) is 14.2 Å². The van der Waals surface area contributed by atoms with Gasteiger partial charge < -0.3 is 18.9 Å². The molecule has 0 fully saturated rings. The molecule has 13 heteroatoms. The molecule has 0 saturated heterocycles. The maximum Gasteiger partial charge on any atom is 0.317 e. The number of fused-ring (bicyclic) bond motifs is 6. The summed E-state index contributed by atoms with van der Waals surface area (Å²) in [5.41, 5.74) is -0.337. The number of carbonyl (C=O) groups excluding carboxylic acids is 1. The van der Waals surface area contributed by atoms with E-state index in [0.29, 0.717) is 21.7 Å². The van der Waals surface area contributed by atoms with Gasteiger partial charge in [-0.05, 0) is 36.8 Å². The first kappa shape index (κ1) is 28.5. The zero-order valence-electron chi connectivity index (χ0n) is 22.8. The standard InChI is InChI=1S/C30H22F4N2O6S/c1-30-22(28(38)40-3)25(16-6-4-5-7-20(16)42-30)36-27(37)21(43-29(36)35-30)11-14-8-9-19(39-2)15(10-14)13-41-26-23(33)17(31)12-18(32)24(26)34/h4-12,22,25H,13H2,1-3H3/b21-11-/t22-,25+,30+/m0/s1. The number of halogens is 4. The second-order valence-electron chi connectivity index (χ2n) is 9.98. The normalized spacial score (nSPS) is 20.4. The predicted octanol–water partition coefficient (Wildman–Crippen LogP) is 4.00. The van der Waals surface area contributed by atoms with Crippen LogP contribution >= 0.6 is 11.3 Å². The summed E-state index contributed by atoms with van der Waals surface area (Å²) in [4.78, 5) is 31.8. The number of methoxy groups -OCH3 is 2. The monoisotopic (exact) mass is 614 g/mol. The van der Waals surface area contributed by atoms with Crippen LogP contribution in [-0.4, -0.2) is 30.5 Å². The minimum Gasteiger partial charge on any atom is -0.496 e. The number of hydrogen-bond acceptors (Lipinski definition) is 8. The maximum atomic E-state index is 14.1. The molecule has 3 heterocycles. The minimum absolute atomic E-state index is 0.0887. The summed E-state index contributed by atoms with van der Waals surface area (Å²) in [7, 11) is 2.62. The SMILES string of the molecule is COC(=O)[C@@H]1[C@H]2c3ccccc3O[C@@]1(C)N=c1s/c(=C\c3ccc(OC)c(COc4c(F)c(F)cc(F)c4F)c3)c(=O)n12. The summed E-state index contributed by atoms with van der Waals surface area (Å²) in [6, 6.07) is 11.2. The van der Waals surface area contributed by atoms with Crippen molar-refractivity contribution >= 4 is 23.4 Å². The molecule has 1 aromatic heterocycles. The van der Waals surface area contributed by atoms with Gasteiger partial charge in [0.15, 0.2) is 22.2 Å². The molecule has 2 aliphatic rings. The second-order valence-corrected chi connectivity index (χ2v) is 11.0. The number of aromatic nitrogens is 1. The Kier molecular flexibility index (Phi) is 6.99. The Bertz CT molecular complexity index is 1950. The van der Waals surface area contributed by atoms with E-state index >= 15 is 0 Å². The Morgan fingerprint density at radius 3 is 2.51 bits per heavy atom. The van der Waals surface area contributed by atoms with Crippen molar-refractivity contribution in [2.24, 2.45) is 10.9 Å². The first-order chi connectivity index (χ1) is 20.6. The van der Waals surface area contributed by atoms with Gasteiger partial charge in [0.1, 0.15) is 24.0 Å². The molecule has 2 aliphatic heterocycles. The third-order valence-electron chi connectivity index (χ3n) is 7.38.